The van der Waals surface area contributed by atoms with Crippen LogP contribution in [0.4, 0.5) is 17.1 Å². The Morgan fingerprint density at radius 1 is 1.32 bits per heavy atom. The second kappa shape index (κ2) is 5.34. The summed E-state index contributed by atoms with van der Waals surface area (Å²) in [5.74, 6) is 0. The summed E-state index contributed by atoms with van der Waals surface area (Å²) in [6.45, 7) is 1.99. The molecule has 1 unspecified atom stereocenters. The van der Waals surface area contributed by atoms with E-state index in [-0.39, 0.29) is 17.4 Å². The predicted molar refractivity (Wildman–Crippen MR) is 73.8 cm³/mol. The largest absolute Gasteiger partial charge is 0.393 e. The molecule has 1 heterocycles. The zero-order valence-electron chi connectivity index (χ0n) is 10.4. The van der Waals surface area contributed by atoms with Gasteiger partial charge in [-0.05, 0) is 36.8 Å². The van der Waals surface area contributed by atoms with Gasteiger partial charge in [0.15, 0.2) is 0 Å². The number of nitro groups is 1. The van der Waals surface area contributed by atoms with Crippen LogP contribution in [0.15, 0.2) is 42.7 Å². The Bertz CT molecular complexity index is 586. The minimum Gasteiger partial charge on any atom is -0.393 e. The summed E-state index contributed by atoms with van der Waals surface area (Å²) in [6, 6.07) is 8.49. The molecule has 2 aromatic rings. The van der Waals surface area contributed by atoms with E-state index < -0.39 is 4.92 Å². The molecule has 1 atom stereocenters. The fourth-order valence-electron chi connectivity index (χ4n) is 1.80. The van der Waals surface area contributed by atoms with E-state index in [4.69, 9.17) is 5.73 Å². The monoisotopic (exact) mass is 258 g/mol. The molecule has 2 rings (SSSR count). The number of aromatic nitrogens is 1. The number of nitrogens with zero attached hydrogens (tertiary/aromatic N) is 2. The maximum Gasteiger partial charge on any atom is 0.292 e. The highest BCUT2D eigenvalue weighted by Gasteiger charge is 2.12. The van der Waals surface area contributed by atoms with Gasteiger partial charge in [0.25, 0.3) is 5.69 Å². The minimum absolute atomic E-state index is 0.0591. The van der Waals surface area contributed by atoms with Crippen LogP contribution in [-0.4, -0.2) is 9.91 Å². The lowest BCUT2D eigenvalue weighted by atomic mass is 10.1. The summed E-state index contributed by atoms with van der Waals surface area (Å²) in [4.78, 5) is 14.1. The smallest absolute Gasteiger partial charge is 0.292 e. The first-order valence-electron chi connectivity index (χ1n) is 5.78. The van der Waals surface area contributed by atoms with Crippen LogP contribution in [-0.2, 0) is 0 Å². The first-order chi connectivity index (χ1) is 9.08. The van der Waals surface area contributed by atoms with Gasteiger partial charge >= 0.3 is 0 Å². The molecule has 6 heteroatoms. The molecule has 0 fully saturated rings. The van der Waals surface area contributed by atoms with Crippen LogP contribution in [0.25, 0.3) is 0 Å². The van der Waals surface area contributed by atoms with Crippen molar-refractivity contribution in [1.82, 2.24) is 4.98 Å². The van der Waals surface area contributed by atoms with Crippen LogP contribution in [0.5, 0.6) is 0 Å². The van der Waals surface area contributed by atoms with Gasteiger partial charge in [0.1, 0.15) is 5.69 Å². The first-order valence-corrected chi connectivity index (χ1v) is 5.78. The number of pyridine rings is 1. The molecule has 0 amide bonds. The Morgan fingerprint density at radius 2 is 2.00 bits per heavy atom. The third-order valence-corrected chi connectivity index (χ3v) is 2.81. The molecular weight excluding hydrogens is 244 g/mol. The van der Waals surface area contributed by atoms with E-state index >= 15 is 0 Å². The number of anilines is 2. The van der Waals surface area contributed by atoms with Crippen molar-refractivity contribution in [2.45, 2.75) is 13.0 Å². The quantitative estimate of drug-likeness (QED) is 0.499. The number of nitrogen functional groups attached to an aromatic ring is 1. The Kier molecular flexibility index (Phi) is 3.61. The normalized spacial score (nSPS) is 11.8. The maximum atomic E-state index is 10.7. The molecule has 0 radical (unpaired) electrons. The van der Waals surface area contributed by atoms with Crippen molar-refractivity contribution in [3.8, 4) is 0 Å². The van der Waals surface area contributed by atoms with Crippen LogP contribution < -0.4 is 11.1 Å². The van der Waals surface area contributed by atoms with Gasteiger partial charge in [-0.25, -0.2) is 0 Å². The van der Waals surface area contributed by atoms with Crippen LogP contribution in [0.1, 0.15) is 18.5 Å². The van der Waals surface area contributed by atoms with E-state index in [0.717, 1.165) is 11.3 Å². The lowest BCUT2D eigenvalue weighted by Gasteiger charge is -2.15. The van der Waals surface area contributed by atoms with Crippen molar-refractivity contribution >= 4 is 17.1 Å². The van der Waals surface area contributed by atoms with Crippen molar-refractivity contribution in [3.63, 3.8) is 0 Å². The Balaban J connectivity index is 2.16. The molecule has 0 saturated heterocycles. The van der Waals surface area contributed by atoms with Gasteiger partial charge in [-0.2, -0.15) is 0 Å². The van der Waals surface area contributed by atoms with Crippen LogP contribution in [0.2, 0.25) is 0 Å². The molecule has 0 saturated carbocycles. The second-order valence-corrected chi connectivity index (χ2v) is 4.18. The van der Waals surface area contributed by atoms with Crippen LogP contribution in [0, 0.1) is 10.1 Å². The number of benzene rings is 1. The SMILES string of the molecule is CC(Nc1ccc([N+](=O)[O-])c(N)c1)c1ccncc1. The molecule has 19 heavy (non-hydrogen) atoms. The number of nitrogens with two attached hydrogens (primary N) is 1. The average molecular weight is 258 g/mol. The van der Waals surface area contributed by atoms with Crippen LogP contribution >= 0.6 is 0 Å². The van der Waals surface area contributed by atoms with Gasteiger partial charge in [-0.3, -0.25) is 15.1 Å². The van der Waals surface area contributed by atoms with Crippen molar-refractivity contribution in [2.75, 3.05) is 11.1 Å². The molecule has 0 bridgehead atoms. The van der Waals surface area contributed by atoms with Crippen molar-refractivity contribution in [1.29, 1.82) is 0 Å². The third kappa shape index (κ3) is 2.98. The van der Waals surface area contributed by atoms with E-state index in [0.29, 0.717) is 0 Å². The maximum absolute atomic E-state index is 10.7. The van der Waals surface area contributed by atoms with Gasteiger partial charge in [0.05, 0.1) is 4.92 Å². The van der Waals surface area contributed by atoms with E-state index in [1.165, 1.54) is 6.07 Å². The topological polar surface area (TPSA) is 94.1 Å². The van der Waals surface area contributed by atoms with Gasteiger partial charge < -0.3 is 11.1 Å². The van der Waals surface area contributed by atoms with E-state index in [9.17, 15) is 10.1 Å². The number of hydrogen-bond donors (Lipinski definition) is 2. The fourth-order valence-corrected chi connectivity index (χ4v) is 1.80. The van der Waals surface area contributed by atoms with Crippen molar-refractivity contribution < 1.29 is 4.92 Å². The molecule has 1 aromatic carbocycles. The van der Waals surface area contributed by atoms with Crippen molar-refractivity contribution in [2.24, 2.45) is 0 Å². The predicted octanol–water partition coefficient (Wildman–Crippen LogP) is 2.75. The molecule has 0 aliphatic carbocycles. The van der Waals surface area contributed by atoms with Gasteiger partial charge in [0, 0.05) is 30.2 Å². The number of nitrogens with one attached hydrogen (secondary N) is 1. The average Bonchev–Trinajstić information content (AvgIpc) is 2.39. The fraction of sp³-hybridized carbons (Fsp3) is 0.154. The molecule has 0 spiro atoms. The number of nitro benzene ring substituents is 1. The molecule has 0 aliphatic heterocycles. The Labute approximate surface area is 110 Å². The molecular formula is C13H14N4O2. The van der Waals surface area contributed by atoms with E-state index in [1.54, 1.807) is 24.5 Å². The van der Waals surface area contributed by atoms with Crippen molar-refractivity contribution in [3.05, 3.63) is 58.4 Å². The molecule has 98 valence electrons. The summed E-state index contributed by atoms with van der Waals surface area (Å²) in [6.07, 6.45) is 3.44. The summed E-state index contributed by atoms with van der Waals surface area (Å²) in [5.41, 5.74) is 7.53. The lowest BCUT2D eigenvalue weighted by molar-refractivity contribution is -0.383. The number of hydrogen-bond acceptors (Lipinski definition) is 5. The summed E-state index contributed by atoms with van der Waals surface area (Å²) < 4.78 is 0. The van der Waals surface area contributed by atoms with Gasteiger partial charge in [0.2, 0.25) is 0 Å². The highest BCUT2D eigenvalue weighted by Crippen LogP contribution is 2.26. The van der Waals surface area contributed by atoms with E-state index in [2.05, 4.69) is 10.3 Å². The summed E-state index contributed by atoms with van der Waals surface area (Å²) >= 11 is 0. The minimum atomic E-state index is -0.495. The molecule has 1 aromatic heterocycles. The highest BCUT2D eigenvalue weighted by molar-refractivity contribution is 5.66. The summed E-state index contributed by atoms with van der Waals surface area (Å²) in [7, 11) is 0. The van der Waals surface area contributed by atoms with Gasteiger partial charge in [-0.1, -0.05) is 0 Å². The van der Waals surface area contributed by atoms with Crippen LogP contribution in [0.3, 0.4) is 0 Å². The second-order valence-electron chi connectivity index (χ2n) is 4.18. The summed E-state index contributed by atoms with van der Waals surface area (Å²) in [5, 5.41) is 13.9. The first kappa shape index (κ1) is 12.8. The molecule has 0 aliphatic rings. The highest BCUT2D eigenvalue weighted by atomic mass is 16.6. The number of rotatable bonds is 4. The lowest BCUT2D eigenvalue weighted by Crippen LogP contribution is -2.07. The van der Waals surface area contributed by atoms with E-state index in [1.807, 2.05) is 19.1 Å². The Morgan fingerprint density at radius 3 is 2.58 bits per heavy atom. The molecule has 3 N–H and O–H groups in total. The zero-order valence-corrected chi connectivity index (χ0v) is 10.4. The Hall–Kier alpha value is -2.63. The standard InChI is InChI=1S/C13H14N4O2/c1-9(10-4-6-15-7-5-10)16-11-2-3-13(17(18)19)12(14)8-11/h2-9,16H,14H2,1H3. The third-order valence-electron chi connectivity index (χ3n) is 2.81. The zero-order chi connectivity index (χ0) is 13.8. The van der Waals surface area contributed by atoms with Gasteiger partial charge in [-0.15, -0.1) is 0 Å². The molecule has 6 nitrogen and oxygen atoms in total.